The van der Waals surface area contributed by atoms with Crippen LogP contribution in [0.4, 0.5) is 0 Å². The molecule has 1 atom stereocenters. The monoisotopic (exact) mass is 154 g/mol. The van der Waals surface area contributed by atoms with Crippen LogP contribution >= 0.6 is 0 Å². The second-order valence-corrected chi connectivity index (χ2v) is 3.77. The first-order valence-corrected chi connectivity index (χ1v) is 3.93. The fourth-order valence-corrected chi connectivity index (χ4v) is 1.52. The first-order valence-electron chi connectivity index (χ1n) is 3.93. The van der Waals surface area contributed by atoms with Gasteiger partial charge in [-0.1, -0.05) is 26.0 Å². The van der Waals surface area contributed by atoms with E-state index in [2.05, 4.69) is 0 Å². The predicted molar refractivity (Wildman–Crippen MR) is 43.3 cm³/mol. The number of aliphatic carboxylic acids is 1. The van der Waals surface area contributed by atoms with Crippen LogP contribution in [0.25, 0.3) is 0 Å². The Hall–Kier alpha value is -0.790. The smallest absolute Gasteiger partial charge is 0.310 e. The van der Waals surface area contributed by atoms with Crippen molar-refractivity contribution in [1.82, 2.24) is 0 Å². The fourth-order valence-electron chi connectivity index (χ4n) is 1.52. The number of carboxylic acid groups (broad SMARTS) is 1. The summed E-state index contributed by atoms with van der Waals surface area (Å²) < 4.78 is 0. The summed E-state index contributed by atoms with van der Waals surface area (Å²) in [7, 11) is 0. The molecular weight excluding hydrogens is 140 g/mol. The van der Waals surface area contributed by atoms with Crippen molar-refractivity contribution in [3.05, 3.63) is 12.2 Å². The highest BCUT2D eigenvalue weighted by Gasteiger charge is 2.34. The van der Waals surface area contributed by atoms with Crippen molar-refractivity contribution >= 4 is 5.97 Å². The van der Waals surface area contributed by atoms with Gasteiger partial charge < -0.3 is 5.11 Å². The van der Waals surface area contributed by atoms with Gasteiger partial charge in [-0.25, -0.2) is 0 Å². The van der Waals surface area contributed by atoms with Gasteiger partial charge >= 0.3 is 5.97 Å². The Morgan fingerprint density at radius 2 is 2.27 bits per heavy atom. The van der Waals surface area contributed by atoms with E-state index in [1.165, 1.54) is 0 Å². The standard InChI is InChI=1S/C9H14O2/c1-9(2)6-4-3-5-7(9)8(10)11/h3,5,7H,4,6H2,1-2H3,(H,10,11). The van der Waals surface area contributed by atoms with Crippen LogP contribution < -0.4 is 0 Å². The highest BCUT2D eigenvalue weighted by molar-refractivity contribution is 5.73. The summed E-state index contributed by atoms with van der Waals surface area (Å²) in [6.45, 7) is 4.02. The van der Waals surface area contributed by atoms with Crippen molar-refractivity contribution in [1.29, 1.82) is 0 Å². The number of allylic oxidation sites excluding steroid dienone is 1. The minimum absolute atomic E-state index is 0.0689. The summed E-state index contributed by atoms with van der Waals surface area (Å²) in [6, 6.07) is 0. The van der Waals surface area contributed by atoms with E-state index in [-0.39, 0.29) is 11.3 Å². The molecule has 1 rings (SSSR count). The number of hydrogen-bond acceptors (Lipinski definition) is 1. The molecule has 0 saturated heterocycles. The second-order valence-electron chi connectivity index (χ2n) is 3.77. The maximum atomic E-state index is 10.7. The molecule has 0 bridgehead atoms. The first kappa shape index (κ1) is 8.31. The minimum atomic E-state index is -0.703. The summed E-state index contributed by atoms with van der Waals surface area (Å²) in [6.07, 6.45) is 5.76. The molecular formula is C9H14O2. The van der Waals surface area contributed by atoms with Crippen molar-refractivity contribution in [3.63, 3.8) is 0 Å². The van der Waals surface area contributed by atoms with Crippen molar-refractivity contribution < 1.29 is 9.90 Å². The number of rotatable bonds is 1. The molecule has 1 aliphatic carbocycles. The van der Waals surface area contributed by atoms with Crippen molar-refractivity contribution in [3.8, 4) is 0 Å². The molecule has 2 heteroatoms. The lowest BCUT2D eigenvalue weighted by Crippen LogP contribution is -2.31. The Bertz CT molecular complexity index is 192. The van der Waals surface area contributed by atoms with E-state index < -0.39 is 5.97 Å². The maximum absolute atomic E-state index is 10.7. The van der Waals surface area contributed by atoms with Gasteiger partial charge in [0.2, 0.25) is 0 Å². The summed E-state index contributed by atoms with van der Waals surface area (Å²) in [5.74, 6) is -0.998. The van der Waals surface area contributed by atoms with E-state index in [1.54, 1.807) is 0 Å². The Morgan fingerprint density at radius 1 is 1.64 bits per heavy atom. The van der Waals surface area contributed by atoms with E-state index in [1.807, 2.05) is 26.0 Å². The Kier molecular flexibility index (Phi) is 2.03. The molecule has 0 radical (unpaired) electrons. The average Bonchev–Trinajstić information content (AvgIpc) is 1.85. The van der Waals surface area contributed by atoms with Gasteiger partial charge in [0.25, 0.3) is 0 Å². The molecule has 0 heterocycles. The Balaban J connectivity index is 2.82. The van der Waals surface area contributed by atoms with Crippen molar-refractivity contribution in [2.45, 2.75) is 26.7 Å². The third-order valence-corrected chi connectivity index (χ3v) is 2.39. The maximum Gasteiger partial charge on any atom is 0.310 e. The van der Waals surface area contributed by atoms with Gasteiger partial charge in [-0.05, 0) is 18.3 Å². The zero-order chi connectivity index (χ0) is 8.48. The Morgan fingerprint density at radius 3 is 2.64 bits per heavy atom. The average molecular weight is 154 g/mol. The van der Waals surface area contributed by atoms with Gasteiger partial charge in [-0.2, -0.15) is 0 Å². The molecule has 1 unspecified atom stereocenters. The molecule has 2 nitrogen and oxygen atoms in total. The van der Waals surface area contributed by atoms with E-state index in [0.29, 0.717) is 0 Å². The van der Waals surface area contributed by atoms with Crippen LogP contribution in [0.1, 0.15) is 26.7 Å². The SMILES string of the molecule is CC1(C)CCC=CC1C(=O)O. The summed E-state index contributed by atoms with van der Waals surface area (Å²) in [4.78, 5) is 10.7. The molecule has 0 aromatic heterocycles. The van der Waals surface area contributed by atoms with Crippen LogP contribution in [0.3, 0.4) is 0 Å². The summed E-state index contributed by atoms with van der Waals surface area (Å²) in [5.41, 5.74) is -0.0689. The minimum Gasteiger partial charge on any atom is -0.481 e. The normalized spacial score (nSPS) is 28.4. The molecule has 1 aliphatic rings. The lowest BCUT2D eigenvalue weighted by molar-refractivity contribution is -0.143. The molecule has 0 aromatic carbocycles. The number of carboxylic acids is 1. The zero-order valence-electron chi connectivity index (χ0n) is 7.00. The van der Waals surface area contributed by atoms with Crippen molar-refractivity contribution in [2.75, 3.05) is 0 Å². The quantitative estimate of drug-likeness (QED) is 0.587. The lowest BCUT2D eigenvalue weighted by atomic mass is 9.72. The van der Waals surface area contributed by atoms with Gasteiger partial charge in [0.1, 0.15) is 0 Å². The molecule has 0 amide bonds. The third kappa shape index (κ3) is 1.62. The van der Waals surface area contributed by atoms with E-state index in [4.69, 9.17) is 5.11 Å². The second kappa shape index (κ2) is 2.68. The highest BCUT2D eigenvalue weighted by atomic mass is 16.4. The summed E-state index contributed by atoms with van der Waals surface area (Å²) in [5, 5.41) is 8.82. The molecule has 0 aliphatic heterocycles. The van der Waals surface area contributed by atoms with E-state index in [9.17, 15) is 4.79 Å². The van der Waals surface area contributed by atoms with E-state index in [0.717, 1.165) is 12.8 Å². The highest BCUT2D eigenvalue weighted by Crippen LogP contribution is 2.36. The van der Waals surface area contributed by atoms with Gasteiger partial charge in [0.15, 0.2) is 0 Å². The molecule has 62 valence electrons. The van der Waals surface area contributed by atoms with Gasteiger partial charge in [0, 0.05) is 0 Å². The largest absolute Gasteiger partial charge is 0.481 e. The molecule has 0 saturated carbocycles. The molecule has 0 fully saturated rings. The first-order chi connectivity index (χ1) is 5.04. The third-order valence-electron chi connectivity index (χ3n) is 2.39. The Labute approximate surface area is 66.9 Å². The summed E-state index contributed by atoms with van der Waals surface area (Å²) >= 11 is 0. The van der Waals surface area contributed by atoms with E-state index >= 15 is 0 Å². The van der Waals surface area contributed by atoms with Gasteiger partial charge in [-0.15, -0.1) is 0 Å². The fraction of sp³-hybridized carbons (Fsp3) is 0.667. The number of hydrogen-bond donors (Lipinski definition) is 1. The number of carbonyl (C=O) groups is 1. The van der Waals surface area contributed by atoms with Crippen LogP contribution in [0.5, 0.6) is 0 Å². The van der Waals surface area contributed by atoms with Gasteiger partial charge in [0.05, 0.1) is 5.92 Å². The van der Waals surface area contributed by atoms with Crippen molar-refractivity contribution in [2.24, 2.45) is 11.3 Å². The molecule has 0 spiro atoms. The van der Waals surface area contributed by atoms with Gasteiger partial charge in [-0.3, -0.25) is 4.79 Å². The molecule has 0 aromatic rings. The molecule has 1 N–H and O–H groups in total. The topological polar surface area (TPSA) is 37.3 Å². The lowest BCUT2D eigenvalue weighted by Gasteiger charge is -2.31. The zero-order valence-corrected chi connectivity index (χ0v) is 7.00. The van der Waals surface area contributed by atoms with Crippen LogP contribution in [-0.4, -0.2) is 11.1 Å². The molecule has 11 heavy (non-hydrogen) atoms. The van der Waals surface area contributed by atoms with Crippen LogP contribution in [0.15, 0.2) is 12.2 Å². The van der Waals surface area contributed by atoms with Crippen LogP contribution in [0.2, 0.25) is 0 Å². The van der Waals surface area contributed by atoms with Crippen LogP contribution in [0, 0.1) is 11.3 Å². The predicted octanol–water partition coefficient (Wildman–Crippen LogP) is 2.06. The van der Waals surface area contributed by atoms with Crippen LogP contribution in [-0.2, 0) is 4.79 Å².